The van der Waals surface area contributed by atoms with Gasteiger partial charge in [0.2, 0.25) is 0 Å². The fraction of sp³-hybridized carbons (Fsp3) is 0.238. The smallest absolute Gasteiger partial charge is 0.290 e. The van der Waals surface area contributed by atoms with E-state index in [9.17, 15) is 26.3 Å². The second-order valence-electron chi connectivity index (χ2n) is 7.71. The Morgan fingerprint density at radius 3 is 1.33 bits per heavy atom. The second-order valence-corrected chi connectivity index (χ2v) is 7.71. The Labute approximate surface area is 183 Å². The van der Waals surface area contributed by atoms with Crippen LogP contribution in [0.1, 0.15) is 36.6 Å². The average molecular weight is 466 g/mol. The van der Waals surface area contributed by atoms with E-state index in [4.69, 9.17) is 0 Å². The quantitative estimate of drug-likeness (QED) is 0.388. The molecule has 0 spiro atoms. The molecule has 0 amide bonds. The molecule has 6 nitrogen and oxygen atoms in total. The lowest BCUT2D eigenvalue weighted by atomic mass is 9.84. The van der Waals surface area contributed by atoms with E-state index in [1.807, 2.05) is 0 Å². The van der Waals surface area contributed by atoms with E-state index in [1.165, 1.54) is 12.1 Å². The van der Waals surface area contributed by atoms with Crippen LogP contribution in [0.2, 0.25) is 0 Å². The van der Waals surface area contributed by atoms with Gasteiger partial charge in [-0.05, 0) is 38.1 Å². The van der Waals surface area contributed by atoms with E-state index in [0.29, 0.717) is 11.4 Å². The summed E-state index contributed by atoms with van der Waals surface area (Å²) >= 11 is 0. The minimum absolute atomic E-state index is 0.226. The summed E-state index contributed by atoms with van der Waals surface area (Å²) in [7, 11) is 0. The minimum atomic E-state index is -4.58. The molecule has 0 unspecified atom stereocenters. The van der Waals surface area contributed by atoms with E-state index >= 15 is 0 Å². The fourth-order valence-corrected chi connectivity index (χ4v) is 3.15. The van der Waals surface area contributed by atoms with Crippen LogP contribution in [0.4, 0.5) is 26.3 Å². The molecule has 33 heavy (non-hydrogen) atoms. The summed E-state index contributed by atoms with van der Waals surface area (Å²) in [5, 5.41) is 0. The van der Waals surface area contributed by atoms with Crippen molar-refractivity contribution >= 4 is 0 Å². The number of nitrogens with zero attached hydrogens (tertiary/aromatic N) is 6. The van der Waals surface area contributed by atoms with Crippen molar-refractivity contribution in [2.24, 2.45) is 0 Å². The predicted molar refractivity (Wildman–Crippen MR) is 105 cm³/mol. The summed E-state index contributed by atoms with van der Waals surface area (Å²) in [6, 6.07) is 9.74. The predicted octanol–water partition coefficient (Wildman–Crippen LogP) is 5.21. The lowest BCUT2D eigenvalue weighted by molar-refractivity contribution is -0.141. The van der Waals surface area contributed by atoms with Crippen LogP contribution in [0.15, 0.2) is 61.4 Å². The Kier molecular flexibility index (Phi) is 5.26. The van der Waals surface area contributed by atoms with Gasteiger partial charge in [-0.2, -0.15) is 26.3 Å². The molecule has 0 radical (unpaired) electrons. The van der Waals surface area contributed by atoms with Crippen molar-refractivity contribution in [3.63, 3.8) is 0 Å². The summed E-state index contributed by atoms with van der Waals surface area (Å²) in [6.45, 7) is 3.60. The van der Waals surface area contributed by atoms with Crippen LogP contribution in [0.3, 0.4) is 0 Å². The number of rotatable bonds is 4. The lowest BCUT2D eigenvalue weighted by Crippen LogP contribution is -2.23. The minimum Gasteiger partial charge on any atom is -0.290 e. The largest absolute Gasteiger partial charge is 0.434 e. The molecule has 4 rings (SSSR count). The van der Waals surface area contributed by atoms with Crippen molar-refractivity contribution in [2.45, 2.75) is 31.6 Å². The Balaban J connectivity index is 1.68. The highest BCUT2D eigenvalue weighted by Gasteiger charge is 2.35. The number of pyridine rings is 2. The van der Waals surface area contributed by atoms with E-state index in [-0.39, 0.29) is 11.6 Å². The molecule has 0 bridgehead atoms. The van der Waals surface area contributed by atoms with Crippen LogP contribution < -0.4 is 0 Å². The summed E-state index contributed by atoms with van der Waals surface area (Å²) in [5.41, 5.74) is -1.92. The Bertz CT molecular complexity index is 1190. The van der Waals surface area contributed by atoms with Crippen molar-refractivity contribution < 1.29 is 26.3 Å². The molecule has 0 saturated heterocycles. The van der Waals surface area contributed by atoms with Gasteiger partial charge in [-0.25, -0.2) is 19.9 Å². The van der Waals surface area contributed by atoms with Crippen molar-refractivity contribution in [1.82, 2.24) is 29.1 Å². The molecule has 0 aliphatic heterocycles. The number of alkyl halides is 6. The Hall–Kier alpha value is -3.70. The van der Waals surface area contributed by atoms with Crippen LogP contribution in [0.25, 0.3) is 11.6 Å². The third kappa shape index (κ3) is 4.45. The molecule has 0 saturated carbocycles. The van der Waals surface area contributed by atoms with Crippen LogP contribution in [-0.2, 0) is 17.8 Å². The number of halogens is 6. The lowest BCUT2D eigenvalue weighted by Gasteiger charge is -2.24. The molecule has 0 fully saturated rings. The van der Waals surface area contributed by atoms with Crippen molar-refractivity contribution in [3.8, 4) is 11.6 Å². The second kappa shape index (κ2) is 7.71. The van der Waals surface area contributed by atoms with Gasteiger partial charge >= 0.3 is 12.4 Å². The van der Waals surface area contributed by atoms with Crippen LogP contribution in [0.5, 0.6) is 0 Å². The van der Waals surface area contributed by atoms with Crippen LogP contribution in [-0.4, -0.2) is 29.1 Å². The van der Waals surface area contributed by atoms with Gasteiger partial charge < -0.3 is 0 Å². The molecule has 0 aliphatic rings. The van der Waals surface area contributed by atoms with Crippen molar-refractivity contribution in [1.29, 1.82) is 0 Å². The van der Waals surface area contributed by atoms with E-state index in [1.54, 1.807) is 38.1 Å². The van der Waals surface area contributed by atoms with Gasteiger partial charge in [-0.1, -0.05) is 12.1 Å². The highest BCUT2D eigenvalue weighted by Crippen LogP contribution is 2.32. The van der Waals surface area contributed by atoms with Gasteiger partial charge in [-0.3, -0.25) is 9.13 Å². The topological polar surface area (TPSA) is 61.4 Å². The molecule has 4 aromatic rings. The number of hydrogen-bond donors (Lipinski definition) is 0. The zero-order chi connectivity index (χ0) is 24.0. The molecular formula is C21H16F6N6. The van der Waals surface area contributed by atoms with Gasteiger partial charge in [-0.15, -0.1) is 0 Å². The monoisotopic (exact) mass is 466 g/mol. The summed E-state index contributed by atoms with van der Waals surface area (Å²) < 4.78 is 79.6. The van der Waals surface area contributed by atoms with Crippen molar-refractivity contribution in [3.05, 3.63) is 84.2 Å². The molecule has 12 heteroatoms. The van der Waals surface area contributed by atoms with E-state index in [0.717, 1.165) is 34.2 Å². The standard InChI is InChI=1S/C21H16F6N6/c1-19(2,13-5-3-7-17(30-13)32-9-15(28-11-32)20(22,23)24)14-6-4-8-18(31-14)33-10-16(29-12-33)21(25,26)27/h3-12H,1-2H3. The number of hydrogen-bond acceptors (Lipinski definition) is 4. The molecule has 0 N–H and O–H groups in total. The fourth-order valence-electron chi connectivity index (χ4n) is 3.15. The Morgan fingerprint density at radius 2 is 1.00 bits per heavy atom. The van der Waals surface area contributed by atoms with Gasteiger partial charge in [0.15, 0.2) is 11.4 Å². The maximum atomic E-state index is 12.9. The first kappa shape index (κ1) is 22.5. The normalized spacial score (nSPS) is 12.8. The van der Waals surface area contributed by atoms with Crippen LogP contribution >= 0.6 is 0 Å². The van der Waals surface area contributed by atoms with E-state index in [2.05, 4.69) is 19.9 Å². The SMILES string of the molecule is CC(C)(c1cccc(-n2cnc(C(F)(F)F)c2)n1)c1cccc(-n2cnc(C(F)(F)F)c2)n1. The Morgan fingerprint density at radius 1 is 0.606 bits per heavy atom. The average Bonchev–Trinajstić information content (AvgIpc) is 3.44. The first-order chi connectivity index (χ1) is 15.4. The molecule has 4 aromatic heterocycles. The van der Waals surface area contributed by atoms with E-state index < -0.39 is 29.2 Å². The number of imidazole rings is 2. The maximum Gasteiger partial charge on any atom is 0.434 e. The molecule has 0 atom stereocenters. The number of aromatic nitrogens is 6. The highest BCUT2D eigenvalue weighted by atomic mass is 19.4. The summed E-state index contributed by atoms with van der Waals surface area (Å²) in [4.78, 5) is 15.7. The molecule has 4 heterocycles. The zero-order valence-corrected chi connectivity index (χ0v) is 17.2. The third-order valence-electron chi connectivity index (χ3n) is 5.02. The molecular weight excluding hydrogens is 450 g/mol. The van der Waals surface area contributed by atoms with Crippen LogP contribution in [0, 0.1) is 0 Å². The summed E-state index contributed by atoms with van der Waals surface area (Å²) in [6.07, 6.45) is -5.42. The van der Waals surface area contributed by atoms with Crippen molar-refractivity contribution in [2.75, 3.05) is 0 Å². The van der Waals surface area contributed by atoms with Gasteiger partial charge in [0.25, 0.3) is 0 Å². The van der Waals surface area contributed by atoms with Gasteiger partial charge in [0.05, 0.1) is 11.4 Å². The third-order valence-corrected chi connectivity index (χ3v) is 5.02. The first-order valence-corrected chi connectivity index (χ1v) is 9.54. The molecule has 0 aromatic carbocycles. The summed E-state index contributed by atoms with van der Waals surface area (Å²) in [5.74, 6) is 0.452. The maximum absolute atomic E-state index is 12.9. The first-order valence-electron chi connectivity index (χ1n) is 9.54. The molecule has 0 aliphatic carbocycles. The van der Waals surface area contributed by atoms with Gasteiger partial charge in [0, 0.05) is 17.8 Å². The molecule has 172 valence electrons. The zero-order valence-electron chi connectivity index (χ0n) is 17.2. The highest BCUT2D eigenvalue weighted by molar-refractivity contribution is 5.36. The van der Waals surface area contributed by atoms with Gasteiger partial charge in [0.1, 0.15) is 24.3 Å².